The summed E-state index contributed by atoms with van der Waals surface area (Å²) in [5, 5.41) is 35.4. The van der Waals surface area contributed by atoms with E-state index in [-0.39, 0.29) is 23.7 Å². The van der Waals surface area contributed by atoms with E-state index in [4.69, 9.17) is 31.9 Å². The van der Waals surface area contributed by atoms with Crippen LogP contribution in [0.25, 0.3) is 0 Å². The highest BCUT2D eigenvalue weighted by Gasteiger charge is 2.11. The summed E-state index contributed by atoms with van der Waals surface area (Å²) in [5.41, 5.74) is 12.4. The molecule has 0 radical (unpaired) electrons. The summed E-state index contributed by atoms with van der Waals surface area (Å²) >= 11 is 0. The average Bonchev–Trinajstić information content (AvgIpc) is 2.54. The SMILES string of the molecule is NC(Cc1ccc(O)cc1)C(=O)O.NCCc1ccc(O)c(O)c1. The maximum absolute atomic E-state index is 10.4. The molecule has 0 aliphatic carbocycles. The van der Waals surface area contributed by atoms with Crippen molar-refractivity contribution in [3.8, 4) is 17.2 Å². The third-order valence-corrected chi connectivity index (χ3v) is 3.18. The summed E-state index contributed by atoms with van der Waals surface area (Å²) in [6.45, 7) is 0.546. The first-order valence-corrected chi connectivity index (χ1v) is 7.30. The number of hydrogen-bond donors (Lipinski definition) is 6. The van der Waals surface area contributed by atoms with Gasteiger partial charge in [0.1, 0.15) is 11.8 Å². The van der Waals surface area contributed by atoms with Crippen LogP contribution in [0.5, 0.6) is 17.2 Å². The number of carboxylic acids is 1. The molecular weight excluding hydrogens is 312 g/mol. The Kier molecular flexibility index (Phi) is 7.54. The number of aromatic hydroxyl groups is 3. The molecule has 0 bridgehead atoms. The van der Waals surface area contributed by atoms with Gasteiger partial charge in [-0.1, -0.05) is 18.2 Å². The molecule has 0 spiro atoms. The molecule has 2 aromatic rings. The molecule has 0 saturated carbocycles. The van der Waals surface area contributed by atoms with E-state index in [2.05, 4.69) is 0 Å². The topological polar surface area (TPSA) is 150 Å². The van der Waals surface area contributed by atoms with Gasteiger partial charge in [-0.05, 0) is 54.8 Å². The number of aliphatic carboxylic acids is 1. The highest BCUT2D eigenvalue weighted by atomic mass is 16.4. The first-order chi connectivity index (χ1) is 11.3. The molecule has 2 aromatic carbocycles. The van der Waals surface area contributed by atoms with Crippen LogP contribution in [0.15, 0.2) is 42.5 Å². The molecule has 0 fully saturated rings. The van der Waals surface area contributed by atoms with Crippen molar-refractivity contribution >= 4 is 5.97 Å². The molecule has 0 heterocycles. The molecule has 8 N–H and O–H groups in total. The van der Waals surface area contributed by atoms with Gasteiger partial charge in [-0.25, -0.2) is 0 Å². The number of rotatable bonds is 5. The molecule has 24 heavy (non-hydrogen) atoms. The Hall–Kier alpha value is -2.77. The van der Waals surface area contributed by atoms with Gasteiger partial charge in [-0.3, -0.25) is 4.79 Å². The zero-order valence-corrected chi connectivity index (χ0v) is 13.1. The van der Waals surface area contributed by atoms with E-state index in [1.807, 2.05) is 0 Å². The minimum atomic E-state index is -1.02. The Labute approximate surface area is 139 Å². The summed E-state index contributed by atoms with van der Waals surface area (Å²) in [6.07, 6.45) is 0.990. The molecule has 1 atom stereocenters. The van der Waals surface area contributed by atoms with Crippen LogP contribution < -0.4 is 11.5 Å². The molecule has 0 saturated heterocycles. The molecule has 1 unspecified atom stereocenters. The highest BCUT2D eigenvalue weighted by molar-refractivity contribution is 5.73. The van der Waals surface area contributed by atoms with Gasteiger partial charge >= 0.3 is 5.97 Å². The lowest BCUT2D eigenvalue weighted by Gasteiger charge is -2.05. The van der Waals surface area contributed by atoms with Crippen molar-refractivity contribution in [3.05, 3.63) is 53.6 Å². The van der Waals surface area contributed by atoms with Gasteiger partial charge < -0.3 is 31.9 Å². The maximum atomic E-state index is 10.4. The number of benzene rings is 2. The van der Waals surface area contributed by atoms with Crippen molar-refractivity contribution < 1.29 is 25.2 Å². The Morgan fingerprint density at radius 2 is 1.54 bits per heavy atom. The predicted molar refractivity (Wildman–Crippen MR) is 90.0 cm³/mol. The molecule has 0 aliphatic heterocycles. The van der Waals surface area contributed by atoms with Gasteiger partial charge in [0.15, 0.2) is 11.5 Å². The molecule has 0 aliphatic rings. The third kappa shape index (κ3) is 6.55. The van der Waals surface area contributed by atoms with Gasteiger partial charge in [-0.2, -0.15) is 0 Å². The van der Waals surface area contributed by atoms with E-state index in [1.165, 1.54) is 24.3 Å². The minimum absolute atomic E-state index is 0.0871. The van der Waals surface area contributed by atoms with Gasteiger partial charge in [0.25, 0.3) is 0 Å². The first kappa shape index (κ1) is 19.3. The van der Waals surface area contributed by atoms with E-state index in [0.29, 0.717) is 13.0 Å². The van der Waals surface area contributed by atoms with Crippen molar-refractivity contribution in [2.24, 2.45) is 11.5 Å². The Morgan fingerprint density at radius 1 is 0.958 bits per heavy atom. The average molecular weight is 334 g/mol. The van der Waals surface area contributed by atoms with Gasteiger partial charge in [0, 0.05) is 0 Å². The fourth-order valence-electron chi connectivity index (χ4n) is 1.86. The molecule has 0 aromatic heterocycles. The smallest absolute Gasteiger partial charge is 0.320 e. The van der Waals surface area contributed by atoms with Crippen molar-refractivity contribution in [1.82, 2.24) is 0 Å². The number of carboxylic acid groups (broad SMARTS) is 1. The molecule has 2 rings (SSSR count). The Balaban J connectivity index is 0.000000243. The van der Waals surface area contributed by atoms with Crippen molar-refractivity contribution in [3.63, 3.8) is 0 Å². The largest absolute Gasteiger partial charge is 0.508 e. The van der Waals surface area contributed by atoms with Crippen LogP contribution in [0.1, 0.15) is 11.1 Å². The highest BCUT2D eigenvalue weighted by Crippen LogP contribution is 2.24. The van der Waals surface area contributed by atoms with E-state index < -0.39 is 12.0 Å². The Morgan fingerprint density at radius 3 is 2.04 bits per heavy atom. The van der Waals surface area contributed by atoms with Gasteiger partial charge in [-0.15, -0.1) is 0 Å². The van der Waals surface area contributed by atoms with Crippen LogP contribution in [-0.2, 0) is 17.6 Å². The van der Waals surface area contributed by atoms with Crippen LogP contribution in [0, 0.1) is 0 Å². The number of phenols is 3. The lowest BCUT2D eigenvalue weighted by atomic mass is 10.1. The van der Waals surface area contributed by atoms with E-state index in [0.717, 1.165) is 11.1 Å². The van der Waals surface area contributed by atoms with Crippen molar-refractivity contribution in [2.75, 3.05) is 6.54 Å². The summed E-state index contributed by atoms with van der Waals surface area (Å²) in [5.74, 6) is -1.04. The lowest BCUT2D eigenvalue weighted by molar-refractivity contribution is -0.138. The maximum Gasteiger partial charge on any atom is 0.320 e. The number of carbonyl (C=O) groups is 1. The Bertz CT molecular complexity index is 659. The quantitative estimate of drug-likeness (QED) is 0.445. The van der Waals surface area contributed by atoms with Crippen LogP contribution in [0.4, 0.5) is 0 Å². The monoisotopic (exact) mass is 334 g/mol. The van der Waals surface area contributed by atoms with Crippen LogP contribution in [0.3, 0.4) is 0 Å². The van der Waals surface area contributed by atoms with Crippen molar-refractivity contribution in [1.29, 1.82) is 0 Å². The molecule has 130 valence electrons. The third-order valence-electron chi connectivity index (χ3n) is 3.18. The van der Waals surface area contributed by atoms with Crippen molar-refractivity contribution in [2.45, 2.75) is 18.9 Å². The van der Waals surface area contributed by atoms with E-state index >= 15 is 0 Å². The fraction of sp³-hybridized carbons (Fsp3) is 0.235. The summed E-state index contributed by atoms with van der Waals surface area (Å²) in [4.78, 5) is 10.4. The summed E-state index contributed by atoms with van der Waals surface area (Å²) in [6, 6.07) is 10.1. The predicted octanol–water partition coefficient (Wildman–Crippen LogP) is 0.946. The zero-order valence-electron chi connectivity index (χ0n) is 13.1. The summed E-state index contributed by atoms with van der Waals surface area (Å²) < 4.78 is 0. The van der Waals surface area contributed by atoms with E-state index in [9.17, 15) is 4.79 Å². The second-order valence-electron chi connectivity index (χ2n) is 5.18. The molecule has 7 heteroatoms. The first-order valence-electron chi connectivity index (χ1n) is 7.30. The molecule has 7 nitrogen and oxygen atoms in total. The fourth-order valence-corrected chi connectivity index (χ4v) is 1.86. The molecule has 0 amide bonds. The normalized spacial score (nSPS) is 11.2. The number of hydrogen-bond acceptors (Lipinski definition) is 6. The van der Waals surface area contributed by atoms with Crippen LogP contribution in [0.2, 0.25) is 0 Å². The summed E-state index contributed by atoms with van der Waals surface area (Å²) in [7, 11) is 0. The second kappa shape index (κ2) is 9.39. The van der Waals surface area contributed by atoms with Gasteiger partial charge in [0.05, 0.1) is 0 Å². The second-order valence-corrected chi connectivity index (χ2v) is 5.18. The molecular formula is C17H22N2O5. The standard InChI is InChI=1S/C9H11NO3.C8H11NO2/c10-8(9(12)13)5-6-1-3-7(11)4-2-6;9-4-3-6-1-2-7(10)8(11)5-6/h1-4,8,11H,5,10H2,(H,12,13);1-2,5,10-11H,3-4,9H2. The van der Waals surface area contributed by atoms with E-state index in [1.54, 1.807) is 18.2 Å². The number of phenolic OH excluding ortho intramolecular Hbond substituents is 3. The van der Waals surface area contributed by atoms with Crippen LogP contribution >= 0.6 is 0 Å². The minimum Gasteiger partial charge on any atom is -0.508 e. The zero-order chi connectivity index (χ0) is 18.1. The number of nitrogens with two attached hydrogens (primary N) is 2. The van der Waals surface area contributed by atoms with Gasteiger partial charge in [0.2, 0.25) is 0 Å². The van der Waals surface area contributed by atoms with Crippen LogP contribution in [-0.4, -0.2) is 39.0 Å². The lowest BCUT2D eigenvalue weighted by Crippen LogP contribution is -2.32.